The van der Waals surface area contributed by atoms with Crippen LogP contribution in [-0.2, 0) is 12.7 Å². The third kappa shape index (κ3) is 5.04. The van der Waals surface area contributed by atoms with Gasteiger partial charge in [-0.1, -0.05) is 19.9 Å². The van der Waals surface area contributed by atoms with E-state index < -0.39 is 11.7 Å². The van der Waals surface area contributed by atoms with Gasteiger partial charge in [0.15, 0.2) is 0 Å². The molecule has 0 saturated heterocycles. The molecule has 6 heteroatoms. The zero-order valence-corrected chi connectivity index (χ0v) is 11.7. The van der Waals surface area contributed by atoms with Crippen LogP contribution in [0.1, 0.15) is 25.0 Å². The van der Waals surface area contributed by atoms with Crippen molar-refractivity contribution < 1.29 is 18.3 Å². The van der Waals surface area contributed by atoms with E-state index in [1.54, 1.807) is 13.0 Å². The zero-order valence-electron chi connectivity index (χ0n) is 10.9. The molecule has 0 aromatic heterocycles. The summed E-state index contributed by atoms with van der Waals surface area (Å²) in [5, 5.41) is 11.7. The molecule has 108 valence electrons. The fourth-order valence-corrected chi connectivity index (χ4v) is 2.45. The van der Waals surface area contributed by atoms with Crippen LogP contribution in [0.15, 0.2) is 23.1 Å². The maximum atomic E-state index is 13.0. The van der Waals surface area contributed by atoms with Gasteiger partial charge in [0, 0.05) is 16.7 Å². The van der Waals surface area contributed by atoms with E-state index >= 15 is 0 Å². The van der Waals surface area contributed by atoms with E-state index in [1.807, 2.05) is 6.92 Å². The summed E-state index contributed by atoms with van der Waals surface area (Å²) in [7, 11) is 0. The Balaban J connectivity index is 3.01. The lowest BCUT2D eigenvalue weighted by molar-refractivity contribution is -0.138. The molecule has 1 aromatic carbocycles. The highest BCUT2D eigenvalue weighted by Gasteiger charge is 2.33. The molecule has 1 atom stereocenters. The molecule has 19 heavy (non-hydrogen) atoms. The van der Waals surface area contributed by atoms with Crippen LogP contribution in [0.3, 0.4) is 0 Å². The van der Waals surface area contributed by atoms with Gasteiger partial charge in [0.25, 0.3) is 0 Å². The molecule has 1 aromatic rings. The van der Waals surface area contributed by atoms with Crippen molar-refractivity contribution in [3.05, 3.63) is 29.3 Å². The van der Waals surface area contributed by atoms with Crippen LogP contribution in [0.4, 0.5) is 13.2 Å². The molecule has 0 spiro atoms. The molecule has 2 nitrogen and oxygen atoms in total. The Morgan fingerprint density at radius 3 is 2.58 bits per heavy atom. The van der Waals surface area contributed by atoms with E-state index in [-0.39, 0.29) is 24.0 Å². The van der Waals surface area contributed by atoms with Crippen LogP contribution in [0.5, 0.6) is 0 Å². The van der Waals surface area contributed by atoms with Crippen molar-refractivity contribution in [3.8, 4) is 0 Å². The molecular formula is C13H18F3NOS. The van der Waals surface area contributed by atoms with Crippen LogP contribution < -0.4 is 5.32 Å². The molecule has 0 aliphatic rings. The second-order valence-electron chi connectivity index (χ2n) is 4.21. The van der Waals surface area contributed by atoms with Gasteiger partial charge < -0.3 is 10.4 Å². The van der Waals surface area contributed by atoms with Crippen molar-refractivity contribution in [2.24, 2.45) is 0 Å². The molecule has 0 aliphatic heterocycles. The van der Waals surface area contributed by atoms with Crippen molar-refractivity contribution in [1.29, 1.82) is 0 Å². The summed E-state index contributed by atoms with van der Waals surface area (Å²) in [6, 6.07) is 4.32. The van der Waals surface area contributed by atoms with E-state index in [1.165, 1.54) is 17.8 Å². The largest absolute Gasteiger partial charge is 0.416 e. The average Bonchev–Trinajstić information content (AvgIpc) is 2.35. The molecule has 1 rings (SSSR count). The van der Waals surface area contributed by atoms with Crippen molar-refractivity contribution >= 4 is 11.8 Å². The minimum Gasteiger partial charge on any atom is -0.395 e. The summed E-state index contributed by atoms with van der Waals surface area (Å²) in [5.41, 5.74) is -0.362. The minimum atomic E-state index is -4.36. The van der Waals surface area contributed by atoms with Gasteiger partial charge in [0.1, 0.15) is 0 Å². The maximum Gasteiger partial charge on any atom is 0.416 e. The van der Waals surface area contributed by atoms with Crippen molar-refractivity contribution in [3.63, 3.8) is 0 Å². The van der Waals surface area contributed by atoms with Gasteiger partial charge in [-0.15, -0.1) is 11.8 Å². The Kier molecular flexibility index (Phi) is 6.16. The molecule has 0 fully saturated rings. The number of thioether (sulfide) groups is 1. The monoisotopic (exact) mass is 293 g/mol. The number of halogens is 3. The van der Waals surface area contributed by atoms with Gasteiger partial charge in [-0.05, 0) is 24.2 Å². The molecule has 0 bridgehead atoms. The molecule has 1 unspecified atom stereocenters. The Bertz CT molecular complexity index is 409. The third-order valence-corrected chi connectivity index (χ3v) is 3.62. The van der Waals surface area contributed by atoms with Gasteiger partial charge in [0.2, 0.25) is 0 Å². The van der Waals surface area contributed by atoms with Crippen LogP contribution in [0.25, 0.3) is 0 Å². The smallest absolute Gasteiger partial charge is 0.395 e. The molecule has 0 amide bonds. The molecule has 0 saturated carbocycles. The lowest BCUT2D eigenvalue weighted by Crippen LogP contribution is -2.17. The first-order valence-corrected chi connectivity index (χ1v) is 6.94. The second kappa shape index (κ2) is 7.17. The standard InChI is InChI=1S/C13H18F3NOS/c1-3-17-7-10-4-5-11(19-9(2)8-18)6-12(10)13(14,15)16/h4-6,9,17-18H,3,7-8H2,1-2H3. The first-order chi connectivity index (χ1) is 8.88. The number of aliphatic hydroxyl groups is 1. The topological polar surface area (TPSA) is 32.3 Å². The first-order valence-electron chi connectivity index (χ1n) is 6.06. The molecule has 2 N–H and O–H groups in total. The highest BCUT2D eigenvalue weighted by Crippen LogP contribution is 2.35. The number of benzene rings is 1. The fraction of sp³-hybridized carbons (Fsp3) is 0.538. The molecule has 0 heterocycles. The summed E-state index contributed by atoms with van der Waals surface area (Å²) in [4.78, 5) is 0.522. The van der Waals surface area contributed by atoms with Crippen LogP contribution in [0.2, 0.25) is 0 Å². The third-order valence-electron chi connectivity index (χ3n) is 2.55. The maximum absolute atomic E-state index is 13.0. The van der Waals surface area contributed by atoms with E-state index in [0.717, 1.165) is 6.07 Å². The summed E-state index contributed by atoms with van der Waals surface area (Å²) in [6.45, 7) is 4.37. The van der Waals surface area contributed by atoms with Gasteiger partial charge in [-0.3, -0.25) is 0 Å². The van der Waals surface area contributed by atoms with E-state index in [2.05, 4.69) is 5.32 Å². The minimum absolute atomic E-state index is 0.0643. The van der Waals surface area contributed by atoms with Gasteiger partial charge >= 0.3 is 6.18 Å². The Morgan fingerprint density at radius 1 is 1.37 bits per heavy atom. The highest BCUT2D eigenvalue weighted by molar-refractivity contribution is 8.00. The summed E-state index contributed by atoms with van der Waals surface area (Å²) in [5.74, 6) is 0. The van der Waals surface area contributed by atoms with E-state index in [0.29, 0.717) is 11.4 Å². The van der Waals surface area contributed by atoms with Crippen LogP contribution in [0, 0.1) is 0 Å². The van der Waals surface area contributed by atoms with Crippen LogP contribution in [-0.4, -0.2) is 23.5 Å². The Labute approximate surface area is 115 Å². The summed E-state index contributed by atoms with van der Waals surface area (Å²) >= 11 is 1.24. The Hall–Kier alpha value is -0.720. The number of hydrogen-bond acceptors (Lipinski definition) is 3. The first kappa shape index (κ1) is 16.3. The van der Waals surface area contributed by atoms with E-state index in [4.69, 9.17) is 5.11 Å². The average molecular weight is 293 g/mol. The van der Waals surface area contributed by atoms with Gasteiger partial charge in [-0.25, -0.2) is 0 Å². The zero-order chi connectivity index (χ0) is 14.5. The molecule has 0 aliphatic carbocycles. The predicted molar refractivity (Wildman–Crippen MR) is 71.2 cm³/mol. The van der Waals surface area contributed by atoms with Gasteiger partial charge in [-0.2, -0.15) is 13.2 Å². The normalized spacial score (nSPS) is 13.6. The second-order valence-corrected chi connectivity index (χ2v) is 5.72. The highest BCUT2D eigenvalue weighted by atomic mass is 32.2. The number of aliphatic hydroxyl groups excluding tert-OH is 1. The molecular weight excluding hydrogens is 275 g/mol. The number of nitrogens with one attached hydrogen (secondary N) is 1. The number of hydrogen-bond donors (Lipinski definition) is 2. The summed E-state index contributed by atoms with van der Waals surface area (Å²) in [6.07, 6.45) is -4.36. The number of alkyl halides is 3. The van der Waals surface area contributed by atoms with Crippen LogP contribution >= 0.6 is 11.8 Å². The predicted octanol–water partition coefficient (Wildman–Crippen LogP) is 3.29. The summed E-state index contributed by atoms with van der Waals surface area (Å²) < 4.78 is 39.0. The lowest BCUT2D eigenvalue weighted by Gasteiger charge is -2.16. The quantitative estimate of drug-likeness (QED) is 0.789. The fourth-order valence-electron chi connectivity index (χ4n) is 1.58. The Morgan fingerprint density at radius 2 is 2.05 bits per heavy atom. The lowest BCUT2D eigenvalue weighted by atomic mass is 10.1. The molecule has 0 radical (unpaired) electrons. The SMILES string of the molecule is CCNCc1ccc(SC(C)CO)cc1C(F)(F)F. The number of rotatable bonds is 6. The van der Waals surface area contributed by atoms with E-state index in [9.17, 15) is 13.2 Å². The van der Waals surface area contributed by atoms with Crippen molar-refractivity contribution in [1.82, 2.24) is 5.32 Å². The van der Waals surface area contributed by atoms with Crippen molar-refractivity contribution in [2.45, 2.75) is 36.7 Å². The van der Waals surface area contributed by atoms with Crippen molar-refractivity contribution in [2.75, 3.05) is 13.2 Å². The van der Waals surface area contributed by atoms with Gasteiger partial charge in [0.05, 0.1) is 12.2 Å².